The summed E-state index contributed by atoms with van der Waals surface area (Å²) in [5.41, 5.74) is -4.75. The van der Waals surface area contributed by atoms with Gasteiger partial charge in [-0.3, -0.25) is 0 Å². The van der Waals surface area contributed by atoms with Gasteiger partial charge in [0.2, 0.25) is 0 Å². The molecule has 0 aromatic carbocycles. The third kappa shape index (κ3) is 1.97. The van der Waals surface area contributed by atoms with Gasteiger partial charge in [-0.15, -0.1) is 0 Å². The maximum atomic E-state index is 11.7. The van der Waals surface area contributed by atoms with E-state index >= 15 is 0 Å². The lowest BCUT2D eigenvalue weighted by atomic mass is 9.59. The number of hydrogen-bond acceptors (Lipinski definition) is 5. The highest BCUT2D eigenvalue weighted by atomic mass is 16.4. The van der Waals surface area contributed by atoms with Crippen molar-refractivity contribution in [3.8, 4) is 0 Å². The third-order valence-electron chi connectivity index (χ3n) is 9.16. The Hall–Kier alpha value is -0.200. The molecule has 0 radical (unpaired) electrons. The van der Waals surface area contributed by atoms with Crippen LogP contribution in [-0.4, -0.2) is 54.5 Å². The van der Waals surface area contributed by atoms with Crippen LogP contribution in [0.3, 0.4) is 0 Å². The van der Waals surface area contributed by atoms with Crippen molar-refractivity contribution in [1.82, 2.24) is 0 Å². The molecule has 0 saturated heterocycles. The van der Waals surface area contributed by atoms with E-state index in [1.807, 2.05) is 6.92 Å². The summed E-state index contributed by atoms with van der Waals surface area (Å²) in [7, 11) is 0. The summed E-state index contributed by atoms with van der Waals surface area (Å²) in [6, 6.07) is 0. The lowest BCUT2D eigenvalue weighted by Crippen LogP contribution is -2.60. The Morgan fingerprint density at radius 2 is 1.44 bits per heavy atom. The Balaban J connectivity index is 1.86. The fourth-order valence-corrected chi connectivity index (χ4v) is 7.75. The molecular weight excluding hydrogens is 320 g/mol. The second-order valence-electron chi connectivity index (χ2n) is 10.7. The van der Waals surface area contributed by atoms with Crippen LogP contribution in [0, 0.1) is 28.6 Å². The van der Waals surface area contributed by atoms with Crippen molar-refractivity contribution in [2.75, 3.05) is 0 Å². The fourth-order valence-electron chi connectivity index (χ4n) is 7.75. The van der Waals surface area contributed by atoms with Crippen molar-refractivity contribution in [2.45, 2.75) is 95.2 Å². The highest BCUT2D eigenvalue weighted by Gasteiger charge is 2.74. The van der Waals surface area contributed by atoms with Gasteiger partial charge in [0.05, 0.1) is 23.4 Å². The van der Waals surface area contributed by atoms with Gasteiger partial charge in [0.25, 0.3) is 0 Å². The van der Waals surface area contributed by atoms with Crippen molar-refractivity contribution in [1.29, 1.82) is 0 Å². The first-order valence-electron chi connectivity index (χ1n) is 9.82. The third-order valence-corrected chi connectivity index (χ3v) is 9.16. The smallest absolute Gasteiger partial charge is 0.104 e. The van der Waals surface area contributed by atoms with E-state index in [1.54, 1.807) is 20.8 Å². The summed E-state index contributed by atoms with van der Waals surface area (Å²) in [5, 5.41) is 56.0. The highest BCUT2D eigenvalue weighted by molar-refractivity contribution is 5.24. The lowest BCUT2D eigenvalue weighted by molar-refractivity contribution is -0.200. The normalized spacial score (nSPS) is 63.0. The number of aliphatic hydroxyl groups excluding tert-OH is 2. The van der Waals surface area contributed by atoms with Crippen molar-refractivity contribution >= 4 is 0 Å². The van der Waals surface area contributed by atoms with Crippen LogP contribution in [0.4, 0.5) is 0 Å². The lowest BCUT2D eigenvalue weighted by Gasteiger charge is -2.49. The molecule has 9 atom stereocenters. The monoisotopic (exact) mass is 354 g/mol. The Kier molecular flexibility index (Phi) is 3.49. The summed E-state index contributed by atoms with van der Waals surface area (Å²) >= 11 is 0. The number of aliphatic hydroxyl groups is 5. The van der Waals surface area contributed by atoms with Crippen LogP contribution in [0.15, 0.2) is 0 Å². The Morgan fingerprint density at radius 3 is 2.08 bits per heavy atom. The number of fused-ring (bicyclic) bond motifs is 2. The van der Waals surface area contributed by atoms with Crippen LogP contribution in [0.5, 0.6) is 0 Å². The molecule has 4 fully saturated rings. The fraction of sp³-hybridized carbons (Fsp3) is 1.00. The first-order chi connectivity index (χ1) is 11.3. The summed E-state index contributed by atoms with van der Waals surface area (Å²) in [5.74, 6) is -0.468. The Bertz CT molecular complexity index is 585. The minimum Gasteiger partial charge on any atom is -0.392 e. The second-order valence-corrected chi connectivity index (χ2v) is 10.7. The molecule has 1 unspecified atom stereocenters. The molecule has 4 rings (SSSR count). The average Bonchev–Trinajstić information content (AvgIpc) is 2.77. The molecule has 0 aromatic rings. The first kappa shape index (κ1) is 18.2. The van der Waals surface area contributed by atoms with Gasteiger partial charge in [-0.1, -0.05) is 13.8 Å². The summed E-state index contributed by atoms with van der Waals surface area (Å²) in [6.45, 7) is 7.24. The molecule has 25 heavy (non-hydrogen) atoms. The number of rotatable bonds is 0. The first-order valence-corrected chi connectivity index (χ1v) is 9.82. The minimum absolute atomic E-state index is 0.0833. The maximum absolute atomic E-state index is 11.7. The summed E-state index contributed by atoms with van der Waals surface area (Å²) < 4.78 is 0. The molecule has 4 aliphatic rings. The molecule has 1 spiro atoms. The van der Waals surface area contributed by atoms with Gasteiger partial charge in [-0.25, -0.2) is 0 Å². The van der Waals surface area contributed by atoms with E-state index in [-0.39, 0.29) is 17.3 Å². The van der Waals surface area contributed by atoms with Crippen molar-refractivity contribution in [2.24, 2.45) is 28.6 Å². The summed E-state index contributed by atoms with van der Waals surface area (Å²) in [4.78, 5) is 0. The molecule has 0 aliphatic heterocycles. The molecule has 4 saturated carbocycles. The molecule has 5 N–H and O–H groups in total. The van der Waals surface area contributed by atoms with Gasteiger partial charge < -0.3 is 25.5 Å². The van der Waals surface area contributed by atoms with Crippen molar-refractivity contribution in [3.05, 3.63) is 0 Å². The number of hydrogen-bond donors (Lipinski definition) is 5. The average molecular weight is 354 g/mol. The van der Waals surface area contributed by atoms with E-state index in [0.717, 1.165) is 19.3 Å². The van der Waals surface area contributed by atoms with Crippen molar-refractivity contribution < 1.29 is 25.5 Å². The zero-order valence-corrected chi connectivity index (χ0v) is 15.9. The van der Waals surface area contributed by atoms with Crippen molar-refractivity contribution in [3.63, 3.8) is 0 Å². The SMILES string of the molecule is CC1(C)[C@@H](O)C[C@H]2[C@](C)(O)[C@@H]3CC[C@H]4CC3(C[C@H](O)[C@@]21O)C[C@@]4(C)O. The van der Waals surface area contributed by atoms with E-state index in [9.17, 15) is 25.5 Å². The second kappa shape index (κ2) is 4.79. The largest absolute Gasteiger partial charge is 0.392 e. The molecule has 144 valence electrons. The predicted octanol–water partition coefficient (Wildman–Crippen LogP) is 1.20. The minimum atomic E-state index is -1.54. The zero-order chi connectivity index (χ0) is 18.6. The van der Waals surface area contributed by atoms with Crippen LogP contribution in [0.2, 0.25) is 0 Å². The molecule has 0 amide bonds. The van der Waals surface area contributed by atoms with Crippen LogP contribution in [0.1, 0.15) is 66.2 Å². The standard InChI is InChI=1S/C20H34O5/c1-16(2)14(21)7-13-18(4,24)12-6-5-11-8-19(12,10-17(11,3)23)9-15(22)20(13,16)25/h11-15,21-25H,5-10H2,1-4H3/t11-,12-,13-,14-,15-,17+,18+,19?,20-/m0/s1. The molecule has 4 aliphatic carbocycles. The molecule has 0 aromatic heterocycles. The van der Waals surface area contributed by atoms with E-state index < -0.39 is 40.3 Å². The van der Waals surface area contributed by atoms with Gasteiger partial charge in [-0.2, -0.15) is 0 Å². The quantitative estimate of drug-likeness (QED) is 0.450. The predicted molar refractivity (Wildman–Crippen MR) is 92.6 cm³/mol. The summed E-state index contributed by atoms with van der Waals surface area (Å²) in [6.07, 6.45) is 1.91. The Morgan fingerprint density at radius 1 is 0.800 bits per heavy atom. The Labute approximate surface area is 150 Å². The zero-order valence-electron chi connectivity index (χ0n) is 15.9. The molecule has 0 heterocycles. The molecule has 5 heteroatoms. The van der Waals surface area contributed by atoms with E-state index in [2.05, 4.69) is 0 Å². The van der Waals surface area contributed by atoms with Gasteiger partial charge >= 0.3 is 0 Å². The van der Waals surface area contributed by atoms with Gasteiger partial charge in [0.1, 0.15) is 5.60 Å². The molecule has 2 bridgehead atoms. The van der Waals surface area contributed by atoms with E-state index in [4.69, 9.17) is 0 Å². The van der Waals surface area contributed by atoms with Crippen LogP contribution in [0.25, 0.3) is 0 Å². The highest BCUT2D eigenvalue weighted by Crippen LogP contribution is 2.69. The molecular formula is C20H34O5. The van der Waals surface area contributed by atoms with Gasteiger partial charge in [0, 0.05) is 11.3 Å². The van der Waals surface area contributed by atoms with E-state index in [1.165, 1.54) is 0 Å². The topological polar surface area (TPSA) is 101 Å². The molecule has 5 nitrogen and oxygen atoms in total. The maximum Gasteiger partial charge on any atom is 0.104 e. The van der Waals surface area contributed by atoms with Crippen LogP contribution in [-0.2, 0) is 0 Å². The van der Waals surface area contributed by atoms with Crippen LogP contribution >= 0.6 is 0 Å². The van der Waals surface area contributed by atoms with Gasteiger partial charge in [-0.05, 0) is 69.6 Å². The van der Waals surface area contributed by atoms with Crippen LogP contribution < -0.4 is 0 Å². The van der Waals surface area contributed by atoms with Gasteiger partial charge in [0.15, 0.2) is 0 Å². The van der Waals surface area contributed by atoms with E-state index in [0.29, 0.717) is 19.3 Å².